The van der Waals surface area contributed by atoms with Crippen molar-refractivity contribution in [3.8, 4) is 0 Å². The fourth-order valence-electron chi connectivity index (χ4n) is 2.37. The van der Waals surface area contributed by atoms with Gasteiger partial charge in [-0.1, -0.05) is 6.92 Å². The Labute approximate surface area is 101 Å². The van der Waals surface area contributed by atoms with E-state index in [1.807, 2.05) is 12.3 Å². The first-order valence-electron chi connectivity index (χ1n) is 6.15. The standard InChI is InChI=1S/C13H16N4/c1-10-3-8-17(9-4-10)11-2-5-15-13-12(11)14-6-7-16-13/h2,5-7,10H,3-4,8-9H2,1H3. The summed E-state index contributed by atoms with van der Waals surface area (Å²) in [5, 5.41) is 0. The zero-order chi connectivity index (χ0) is 11.7. The highest BCUT2D eigenvalue weighted by Crippen LogP contribution is 2.26. The normalized spacial score (nSPS) is 17.6. The van der Waals surface area contributed by atoms with Gasteiger partial charge in [0.15, 0.2) is 5.65 Å². The minimum Gasteiger partial charge on any atom is -0.370 e. The average molecular weight is 228 g/mol. The number of fused-ring (bicyclic) bond motifs is 1. The molecule has 1 aliphatic heterocycles. The Hall–Kier alpha value is -1.71. The highest BCUT2D eigenvalue weighted by molar-refractivity contribution is 5.84. The van der Waals surface area contributed by atoms with E-state index in [9.17, 15) is 0 Å². The summed E-state index contributed by atoms with van der Waals surface area (Å²) in [5.74, 6) is 0.838. The molecule has 4 heteroatoms. The monoisotopic (exact) mass is 228 g/mol. The third-order valence-corrected chi connectivity index (χ3v) is 3.48. The second kappa shape index (κ2) is 4.28. The van der Waals surface area contributed by atoms with Crippen molar-refractivity contribution in [2.45, 2.75) is 19.8 Å². The lowest BCUT2D eigenvalue weighted by Crippen LogP contribution is -2.33. The number of pyridine rings is 1. The van der Waals surface area contributed by atoms with E-state index >= 15 is 0 Å². The van der Waals surface area contributed by atoms with Crippen LogP contribution in [0.15, 0.2) is 24.7 Å². The molecule has 0 aliphatic carbocycles. The maximum Gasteiger partial charge on any atom is 0.180 e. The molecule has 0 unspecified atom stereocenters. The van der Waals surface area contributed by atoms with Crippen LogP contribution < -0.4 is 4.90 Å². The summed E-state index contributed by atoms with van der Waals surface area (Å²) in [6, 6.07) is 2.05. The van der Waals surface area contributed by atoms with Gasteiger partial charge < -0.3 is 4.90 Å². The second-order valence-corrected chi connectivity index (χ2v) is 4.73. The summed E-state index contributed by atoms with van der Waals surface area (Å²) >= 11 is 0. The molecule has 1 saturated heterocycles. The molecule has 0 bridgehead atoms. The van der Waals surface area contributed by atoms with E-state index in [1.165, 1.54) is 18.5 Å². The molecule has 2 aromatic rings. The molecular formula is C13H16N4. The Morgan fingerprint density at radius 1 is 1.06 bits per heavy atom. The van der Waals surface area contributed by atoms with Crippen LogP contribution in [0.5, 0.6) is 0 Å². The molecule has 17 heavy (non-hydrogen) atoms. The van der Waals surface area contributed by atoms with Gasteiger partial charge in [-0.05, 0) is 24.8 Å². The van der Waals surface area contributed by atoms with Crippen molar-refractivity contribution in [1.82, 2.24) is 15.0 Å². The van der Waals surface area contributed by atoms with E-state index in [0.717, 1.165) is 30.2 Å². The van der Waals surface area contributed by atoms with Crippen molar-refractivity contribution in [2.75, 3.05) is 18.0 Å². The van der Waals surface area contributed by atoms with Crippen molar-refractivity contribution < 1.29 is 0 Å². The fraction of sp³-hybridized carbons (Fsp3) is 0.462. The smallest absolute Gasteiger partial charge is 0.180 e. The van der Waals surface area contributed by atoms with Crippen LogP contribution in [-0.2, 0) is 0 Å². The third-order valence-electron chi connectivity index (χ3n) is 3.48. The van der Waals surface area contributed by atoms with Crippen LogP contribution in [0.3, 0.4) is 0 Å². The van der Waals surface area contributed by atoms with E-state index in [4.69, 9.17) is 0 Å². The van der Waals surface area contributed by atoms with Crippen molar-refractivity contribution in [2.24, 2.45) is 5.92 Å². The largest absolute Gasteiger partial charge is 0.370 e. The minimum atomic E-state index is 0.739. The predicted octanol–water partition coefficient (Wildman–Crippen LogP) is 2.26. The lowest BCUT2D eigenvalue weighted by molar-refractivity contribution is 0.439. The highest BCUT2D eigenvalue weighted by atomic mass is 15.1. The van der Waals surface area contributed by atoms with Crippen LogP contribution in [0.2, 0.25) is 0 Å². The van der Waals surface area contributed by atoms with Crippen LogP contribution >= 0.6 is 0 Å². The molecule has 0 aromatic carbocycles. The summed E-state index contributed by atoms with van der Waals surface area (Å²) < 4.78 is 0. The zero-order valence-electron chi connectivity index (χ0n) is 10.0. The first kappa shape index (κ1) is 10.4. The van der Waals surface area contributed by atoms with E-state index in [1.54, 1.807) is 12.4 Å². The minimum absolute atomic E-state index is 0.739. The van der Waals surface area contributed by atoms with Gasteiger partial charge in [0.2, 0.25) is 0 Å². The summed E-state index contributed by atoms with van der Waals surface area (Å²) in [6.07, 6.45) is 7.76. The van der Waals surface area contributed by atoms with Crippen LogP contribution in [0, 0.1) is 5.92 Å². The molecule has 0 radical (unpaired) electrons. The second-order valence-electron chi connectivity index (χ2n) is 4.73. The van der Waals surface area contributed by atoms with Gasteiger partial charge in [0.1, 0.15) is 5.52 Å². The van der Waals surface area contributed by atoms with Gasteiger partial charge in [-0.25, -0.2) is 15.0 Å². The third kappa shape index (κ3) is 1.95. The maximum absolute atomic E-state index is 4.41. The Morgan fingerprint density at radius 3 is 2.59 bits per heavy atom. The number of anilines is 1. The van der Waals surface area contributed by atoms with E-state index in [0.29, 0.717) is 0 Å². The van der Waals surface area contributed by atoms with Crippen molar-refractivity contribution in [1.29, 1.82) is 0 Å². The van der Waals surface area contributed by atoms with Crippen molar-refractivity contribution in [3.63, 3.8) is 0 Å². The van der Waals surface area contributed by atoms with E-state index in [-0.39, 0.29) is 0 Å². The fourth-order valence-corrected chi connectivity index (χ4v) is 2.37. The molecule has 4 nitrogen and oxygen atoms in total. The summed E-state index contributed by atoms with van der Waals surface area (Å²) in [4.78, 5) is 15.3. The van der Waals surface area contributed by atoms with E-state index in [2.05, 4.69) is 26.8 Å². The van der Waals surface area contributed by atoms with Crippen molar-refractivity contribution in [3.05, 3.63) is 24.7 Å². The number of aromatic nitrogens is 3. The van der Waals surface area contributed by atoms with Gasteiger partial charge in [-0.3, -0.25) is 0 Å². The topological polar surface area (TPSA) is 41.9 Å². The summed E-state index contributed by atoms with van der Waals surface area (Å²) in [6.45, 7) is 4.54. The summed E-state index contributed by atoms with van der Waals surface area (Å²) in [5.41, 5.74) is 2.84. The first-order valence-corrected chi connectivity index (χ1v) is 6.15. The lowest BCUT2D eigenvalue weighted by Gasteiger charge is -2.32. The molecule has 2 aromatic heterocycles. The van der Waals surface area contributed by atoms with Crippen molar-refractivity contribution >= 4 is 16.9 Å². The van der Waals surface area contributed by atoms with Gasteiger partial charge in [0.25, 0.3) is 0 Å². The molecule has 3 rings (SSSR count). The first-order chi connectivity index (χ1) is 8.34. The Morgan fingerprint density at radius 2 is 1.76 bits per heavy atom. The van der Waals surface area contributed by atoms with Crippen LogP contribution in [0.4, 0.5) is 5.69 Å². The van der Waals surface area contributed by atoms with Gasteiger partial charge in [-0.15, -0.1) is 0 Å². The average Bonchev–Trinajstić information content (AvgIpc) is 2.39. The van der Waals surface area contributed by atoms with Gasteiger partial charge >= 0.3 is 0 Å². The predicted molar refractivity (Wildman–Crippen MR) is 67.9 cm³/mol. The van der Waals surface area contributed by atoms with Crippen LogP contribution in [0.25, 0.3) is 11.2 Å². The lowest BCUT2D eigenvalue weighted by atomic mass is 9.99. The SMILES string of the molecule is CC1CCN(c2ccnc3nccnc23)CC1. The molecule has 0 atom stereocenters. The molecule has 0 spiro atoms. The van der Waals surface area contributed by atoms with Gasteiger partial charge in [0.05, 0.1) is 5.69 Å². The van der Waals surface area contributed by atoms with E-state index < -0.39 is 0 Å². The highest BCUT2D eigenvalue weighted by Gasteiger charge is 2.18. The molecule has 88 valence electrons. The number of rotatable bonds is 1. The molecule has 3 heterocycles. The Kier molecular flexibility index (Phi) is 2.63. The molecule has 1 aliphatic rings. The number of hydrogen-bond acceptors (Lipinski definition) is 4. The van der Waals surface area contributed by atoms with Crippen LogP contribution in [0.1, 0.15) is 19.8 Å². The molecular weight excluding hydrogens is 212 g/mol. The van der Waals surface area contributed by atoms with Gasteiger partial charge in [0, 0.05) is 31.7 Å². The number of hydrogen-bond donors (Lipinski definition) is 0. The quantitative estimate of drug-likeness (QED) is 0.750. The van der Waals surface area contributed by atoms with Crippen LogP contribution in [-0.4, -0.2) is 28.0 Å². The Bertz CT molecular complexity index is 512. The van der Waals surface area contributed by atoms with Gasteiger partial charge in [-0.2, -0.15) is 0 Å². The summed E-state index contributed by atoms with van der Waals surface area (Å²) in [7, 11) is 0. The molecule has 0 N–H and O–H groups in total. The molecule has 0 saturated carbocycles. The molecule has 1 fully saturated rings. The zero-order valence-corrected chi connectivity index (χ0v) is 10.0. The molecule has 0 amide bonds. The maximum atomic E-state index is 4.41. The number of piperidine rings is 1. The Balaban J connectivity index is 2.00. The number of nitrogens with zero attached hydrogens (tertiary/aromatic N) is 4.